The van der Waals surface area contributed by atoms with Gasteiger partial charge in [0, 0.05) is 42.0 Å². The average molecular weight is 359 g/mol. The fourth-order valence-electron chi connectivity index (χ4n) is 3.04. The van der Waals surface area contributed by atoms with Crippen LogP contribution in [-0.4, -0.2) is 40.7 Å². The summed E-state index contributed by atoms with van der Waals surface area (Å²) in [4.78, 5) is 19.4. The van der Waals surface area contributed by atoms with Crippen LogP contribution in [0.3, 0.4) is 0 Å². The van der Waals surface area contributed by atoms with Crippen LogP contribution < -0.4 is 5.32 Å². The normalized spacial score (nSPS) is 18.0. The summed E-state index contributed by atoms with van der Waals surface area (Å²) in [5.74, 6) is 0.273. The van der Waals surface area contributed by atoms with E-state index < -0.39 is 0 Å². The van der Waals surface area contributed by atoms with Crippen molar-refractivity contribution in [3.05, 3.63) is 60.2 Å². The summed E-state index contributed by atoms with van der Waals surface area (Å²) < 4.78 is 13.8. The van der Waals surface area contributed by atoms with Crippen molar-refractivity contribution in [2.75, 3.05) is 18.8 Å². The molecule has 2 heterocycles. The van der Waals surface area contributed by atoms with E-state index >= 15 is 0 Å². The predicted molar refractivity (Wildman–Crippen MR) is 97.8 cm³/mol. The van der Waals surface area contributed by atoms with Gasteiger partial charge in [0.15, 0.2) is 0 Å². The molecular formula is C19H22FN3OS. The zero-order valence-corrected chi connectivity index (χ0v) is 14.8. The Balaban J connectivity index is 1.46. The molecule has 0 unspecified atom stereocenters. The van der Waals surface area contributed by atoms with Crippen molar-refractivity contribution in [1.82, 2.24) is 15.2 Å². The standard InChI is InChI=1S/C19H22FN3OS/c20-18-6-2-1-4-15(18)12-23-11-3-5-16(13-23)22-19(24)14-25-17-7-9-21-10-8-17/h1-2,4,6-10,16H,3,5,11-14H2,(H,22,24)/t16-/m1/s1. The Morgan fingerprint density at radius 1 is 1.28 bits per heavy atom. The number of nitrogens with zero attached hydrogens (tertiary/aromatic N) is 2. The van der Waals surface area contributed by atoms with E-state index in [1.165, 1.54) is 17.8 Å². The quantitative estimate of drug-likeness (QED) is 0.805. The van der Waals surface area contributed by atoms with Gasteiger partial charge < -0.3 is 5.32 Å². The SMILES string of the molecule is O=C(CSc1ccncc1)N[C@@H]1CCCN(Cc2ccccc2F)C1. The fraction of sp³-hybridized carbons (Fsp3) is 0.368. The Hall–Kier alpha value is -1.92. The second-order valence-corrected chi connectivity index (χ2v) is 7.25. The number of nitrogens with one attached hydrogen (secondary N) is 1. The number of hydrogen-bond acceptors (Lipinski definition) is 4. The maximum absolute atomic E-state index is 13.8. The van der Waals surface area contributed by atoms with Gasteiger partial charge in [-0.05, 0) is 37.6 Å². The number of carbonyl (C=O) groups excluding carboxylic acids is 1. The van der Waals surface area contributed by atoms with Crippen molar-refractivity contribution in [1.29, 1.82) is 0 Å². The number of likely N-dealkylation sites (tertiary alicyclic amines) is 1. The van der Waals surface area contributed by atoms with Gasteiger partial charge in [0.1, 0.15) is 5.82 Å². The van der Waals surface area contributed by atoms with E-state index in [9.17, 15) is 9.18 Å². The molecule has 1 amide bonds. The zero-order valence-electron chi connectivity index (χ0n) is 14.0. The molecule has 1 atom stereocenters. The number of piperidine rings is 1. The van der Waals surface area contributed by atoms with Crippen molar-refractivity contribution in [3.8, 4) is 0 Å². The van der Waals surface area contributed by atoms with Crippen molar-refractivity contribution in [2.24, 2.45) is 0 Å². The number of hydrogen-bond donors (Lipinski definition) is 1. The van der Waals surface area contributed by atoms with Crippen LogP contribution in [0.5, 0.6) is 0 Å². The summed E-state index contributed by atoms with van der Waals surface area (Å²) >= 11 is 1.51. The second-order valence-electron chi connectivity index (χ2n) is 6.20. The third-order valence-electron chi connectivity index (χ3n) is 4.24. The lowest BCUT2D eigenvalue weighted by atomic mass is 10.0. The van der Waals surface area contributed by atoms with Gasteiger partial charge in [0.05, 0.1) is 5.75 Å². The van der Waals surface area contributed by atoms with Crippen LogP contribution in [0.15, 0.2) is 53.7 Å². The first-order valence-electron chi connectivity index (χ1n) is 8.48. The second kappa shape index (κ2) is 8.97. The lowest BCUT2D eigenvalue weighted by Crippen LogP contribution is -2.47. The van der Waals surface area contributed by atoms with E-state index in [1.807, 2.05) is 24.3 Å². The van der Waals surface area contributed by atoms with E-state index in [-0.39, 0.29) is 17.8 Å². The molecule has 0 radical (unpaired) electrons. The highest BCUT2D eigenvalue weighted by molar-refractivity contribution is 8.00. The largest absolute Gasteiger partial charge is 0.351 e. The first kappa shape index (κ1) is 17.9. The van der Waals surface area contributed by atoms with Crippen LogP contribution in [0.2, 0.25) is 0 Å². The molecule has 1 aliphatic heterocycles. The van der Waals surface area contributed by atoms with Crippen LogP contribution in [0.4, 0.5) is 4.39 Å². The summed E-state index contributed by atoms with van der Waals surface area (Å²) in [6.45, 7) is 2.29. The number of carbonyl (C=O) groups is 1. The van der Waals surface area contributed by atoms with E-state index in [2.05, 4.69) is 15.2 Å². The van der Waals surface area contributed by atoms with Crippen LogP contribution in [0, 0.1) is 5.82 Å². The van der Waals surface area contributed by atoms with Crippen LogP contribution in [-0.2, 0) is 11.3 Å². The third kappa shape index (κ3) is 5.54. The van der Waals surface area contributed by atoms with Gasteiger partial charge in [-0.2, -0.15) is 0 Å². The van der Waals surface area contributed by atoms with Gasteiger partial charge in [-0.15, -0.1) is 11.8 Å². The molecule has 6 heteroatoms. The predicted octanol–water partition coefficient (Wildman–Crippen LogP) is 3.09. The number of amides is 1. The number of rotatable bonds is 6. The first-order chi connectivity index (χ1) is 12.2. The van der Waals surface area contributed by atoms with E-state index in [4.69, 9.17) is 0 Å². The molecule has 2 aromatic rings. The molecule has 25 heavy (non-hydrogen) atoms. The maximum atomic E-state index is 13.8. The fourth-order valence-corrected chi connectivity index (χ4v) is 3.73. The Morgan fingerprint density at radius 3 is 2.88 bits per heavy atom. The number of aromatic nitrogens is 1. The number of thioether (sulfide) groups is 1. The summed E-state index contributed by atoms with van der Waals surface area (Å²) in [6.07, 6.45) is 5.43. The maximum Gasteiger partial charge on any atom is 0.230 e. The number of benzene rings is 1. The monoisotopic (exact) mass is 359 g/mol. The lowest BCUT2D eigenvalue weighted by molar-refractivity contribution is -0.119. The minimum absolute atomic E-state index is 0.0413. The number of pyridine rings is 1. The van der Waals surface area contributed by atoms with Gasteiger partial charge in [-0.1, -0.05) is 18.2 Å². The molecule has 1 aliphatic rings. The molecule has 4 nitrogen and oxygen atoms in total. The van der Waals surface area contributed by atoms with Crippen molar-refractivity contribution >= 4 is 17.7 Å². The minimum Gasteiger partial charge on any atom is -0.351 e. The van der Waals surface area contributed by atoms with Crippen molar-refractivity contribution in [3.63, 3.8) is 0 Å². The summed E-state index contributed by atoms with van der Waals surface area (Å²) in [5.41, 5.74) is 0.711. The summed E-state index contributed by atoms with van der Waals surface area (Å²) in [5, 5.41) is 3.11. The molecule has 3 rings (SSSR count). The van der Waals surface area contributed by atoms with Crippen LogP contribution in [0.1, 0.15) is 18.4 Å². The molecule has 1 saturated heterocycles. The summed E-state index contributed by atoms with van der Waals surface area (Å²) in [7, 11) is 0. The van der Waals surface area contributed by atoms with Crippen molar-refractivity contribution in [2.45, 2.75) is 30.3 Å². The smallest absolute Gasteiger partial charge is 0.230 e. The van der Waals surface area contributed by atoms with Gasteiger partial charge in [-0.25, -0.2) is 4.39 Å². The molecule has 1 aromatic heterocycles. The number of halogens is 1. The van der Waals surface area contributed by atoms with Crippen LogP contribution in [0.25, 0.3) is 0 Å². The Bertz CT molecular complexity index is 698. The van der Waals surface area contributed by atoms with Gasteiger partial charge >= 0.3 is 0 Å². The average Bonchev–Trinajstić information content (AvgIpc) is 2.63. The van der Waals surface area contributed by atoms with Gasteiger partial charge in [0.25, 0.3) is 0 Å². The molecule has 132 valence electrons. The molecular weight excluding hydrogens is 337 g/mol. The molecule has 1 fully saturated rings. The molecule has 0 saturated carbocycles. The highest BCUT2D eigenvalue weighted by Crippen LogP contribution is 2.18. The van der Waals surface area contributed by atoms with E-state index in [0.29, 0.717) is 17.9 Å². The van der Waals surface area contributed by atoms with E-state index in [1.54, 1.807) is 18.5 Å². The lowest BCUT2D eigenvalue weighted by Gasteiger charge is -2.33. The Kier molecular flexibility index (Phi) is 6.42. The zero-order chi connectivity index (χ0) is 17.5. The molecule has 0 aliphatic carbocycles. The molecule has 1 N–H and O–H groups in total. The van der Waals surface area contributed by atoms with Gasteiger partial charge in [-0.3, -0.25) is 14.7 Å². The highest BCUT2D eigenvalue weighted by atomic mass is 32.2. The first-order valence-corrected chi connectivity index (χ1v) is 9.47. The molecule has 0 bridgehead atoms. The van der Waals surface area contributed by atoms with Gasteiger partial charge in [0.2, 0.25) is 5.91 Å². The topological polar surface area (TPSA) is 45.2 Å². The van der Waals surface area contributed by atoms with E-state index in [0.717, 1.165) is 30.8 Å². The molecule has 0 spiro atoms. The summed E-state index contributed by atoms with van der Waals surface area (Å²) in [6, 6.07) is 10.8. The highest BCUT2D eigenvalue weighted by Gasteiger charge is 2.22. The minimum atomic E-state index is -0.164. The van der Waals surface area contributed by atoms with Crippen LogP contribution >= 0.6 is 11.8 Å². The third-order valence-corrected chi connectivity index (χ3v) is 5.25. The Labute approximate surface area is 151 Å². The molecule has 1 aromatic carbocycles. The Morgan fingerprint density at radius 2 is 2.08 bits per heavy atom. The van der Waals surface area contributed by atoms with Crippen molar-refractivity contribution < 1.29 is 9.18 Å².